The van der Waals surface area contributed by atoms with E-state index in [4.69, 9.17) is 28.3 Å². The van der Waals surface area contributed by atoms with Crippen molar-refractivity contribution in [1.82, 2.24) is 14.7 Å². The third-order valence-electron chi connectivity index (χ3n) is 4.95. The van der Waals surface area contributed by atoms with Crippen LogP contribution in [0.25, 0.3) is 5.69 Å². The molecule has 0 N–H and O–H groups in total. The Morgan fingerprint density at radius 1 is 1.07 bits per heavy atom. The number of hydrogen-bond donors (Lipinski definition) is 0. The molecule has 146 valence electrons. The van der Waals surface area contributed by atoms with Crippen LogP contribution in [0.2, 0.25) is 10.0 Å². The van der Waals surface area contributed by atoms with Crippen LogP contribution >= 0.6 is 23.2 Å². The average molecular weight is 416 g/mol. The number of para-hydroxylation sites is 1. The molecule has 0 aliphatic heterocycles. The molecule has 0 unspecified atom stereocenters. The van der Waals surface area contributed by atoms with Crippen LogP contribution in [0.3, 0.4) is 0 Å². The minimum atomic E-state index is 0.0147. The van der Waals surface area contributed by atoms with Crippen LogP contribution in [0, 0.1) is 20.8 Å². The fraction of sp³-hybridized carbons (Fsp3) is 0.273. The van der Waals surface area contributed by atoms with E-state index in [1.54, 1.807) is 17.0 Å². The van der Waals surface area contributed by atoms with Crippen LogP contribution in [0.5, 0.6) is 0 Å². The maximum Gasteiger partial charge on any atom is 0.227 e. The second-order valence-electron chi connectivity index (χ2n) is 7.02. The van der Waals surface area contributed by atoms with E-state index in [2.05, 4.69) is 19.1 Å². The highest BCUT2D eigenvalue weighted by Gasteiger charge is 2.18. The summed E-state index contributed by atoms with van der Waals surface area (Å²) in [6.45, 7) is 6.59. The quantitative estimate of drug-likeness (QED) is 0.566. The Bertz CT molecular complexity index is 1030. The molecule has 28 heavy (non-hydrogen) atoms. The van der Waals surface area contributed by atoms with Crippen molar-refractivity contribution >= 4 is 29.1 Å². The molecular formula is C22H23Cl2N3O. The van der Waals surface area contributed by atoms with Crippen LogP contribution in [-0.2, 0) is 17.8 Å². The lowest BCUT2D eigenvalue weighted by Gasteiger charge is -2.18. The van der Waals surface area contributed by atoms with Gasteiger partial charge in [0.25, 0.3) is 0 Å². The number of likely N-dealkylation sites (N-methyl/N-ethyl adjacent to an activating group) is 1. The number of rotatable bonds is 5. The van der Waals surface area contributed by atoms with E-state index in [1.807, 2.05) is 43.8 Å². The lowest BCUT2D eigenvalue weighted by Crippen LogP contribution is -2.28. The van der Waals surface area contributed by atoms with E-state index in [0.717, 1.165) is 33.8 Å². The highest BCUT2D eigenvalue weighted by molar-refractivity contribution is 6.42. The van der Waals surface area contributed by atoms with Gasteiger partial charge in [0.2, 0.25) is 5.91 Å². The lowest BCUT2D eigenvalue weighted by atomic mass is 10.1. The summed E-state index contributed by atoms with van der Waals surface area (Å²) >= 11 is 12.0. The number of aromatic nitrogens is 2. The van der Waals surface area contributed by atoms with Gasteiger partial charge in [0.1, 0.15) is 0 Å². The number of nitrogens with zero attached hydrogens (tertiary/aromatic N) is 3. The van der Waals surface area contributed by atoms with Gasteiger partial charge in [-0.05, 0) is 50.1 Å². The van der Waals surface area contributed by atoms with Gasteiger partial charge in [0.05, 0.1) is 27.8 Å². The van der Waals surface area contributed by atoms with Gasteiger partial charge >= 0.3 is 0 Å². The molecule has 0 atom stereocenters. The fourth-order valence-electron chi connectivity index (χ4n) is 3.22. The zero-order valence-electron chi connectivity index (χ0n) is 16.5. The SMILES string of the molecule is Cc1ccccc1-n1nc(C)c(CN(C)C(=O)Cc2ccc(Cl)c(Cl)c2)c1C. The van der Waals surface area contributed by atoms with Crippen molar-refractivity contribution in [3.8, 4) is 5.69 Å². The molecule has 1 amide bonds. The molecule has 0 aliphatic carbocycles. The van der Waals surface area contributed by atoms with Crippen LogP contribution in [0.1, 0.15) is 28.1 Å². The van der Waals surface area contributed by atoms with Gasteiger partial charge in [-0.2, -0.15) is 5.10 Å². The van der Waals surface area contributed by atoms with Gasteiger partial charge in [-0.15, -0.1) is 0 Å². The molecule has 0 bridgehead atoms. The van der Waals surface area contributed by atoms with E-state index in [0.29, 0.717) is 16.6 Å². The summed E-state index contributed by atoms with van der Waals surface area (Å²) in [6.07, 6.45) is 0.275. The Morgan fingerprint density at radius 3 is 2.46 bits per heavy atom. The molecule has 0 saturated heterocycles. The van der Waals surface area contributed by atoms with Crippen molar-refractivity contribution in [2.45, 2.75) is 33.7 Å². The summed E-state index contributed by atoms with van der Waals surface area (Å²) in [5.74, 6) is 0.0147. The standard InChI is InChI=1S/C22H23Cl2N3O/c1-14-7-5-6-8-21(14)27-16(3)18(15(2)25-27)13-26(4)22(28)12-17-9-10-19(23)20(24)11-17/h5-11H,12-13H2,1-4H3. The van der Waals surface area contributed by atoms with E-state index >= 15 is 0 Å². The van der Waals surface area contributed by atoms with Crippen LogP contribution in [-0.4, -0.2) is 27.6 Å². The zero-order chi connectivity index (χ0) is 20.4. The fourth-order valence-corrected chi connectivity index (χ4v) is 3.54. The first-order chi connectivity index (χ1) is 13.3. The number of amides is 1. The number of carbonyl (C=O) groups excluding carboxylic acids is 1. The van der Waals surface area contributed by atoms with Gasteiger partial charge in [0.15, 0.2) is 0 Å². The average Bonchev–Trinajstić information content (AvgIpc) is 2.93. The van der Waals surface area contributed by atoms with Crippen LogP contribution in [0.4, 0.5) is 0 Å². The molecule has 3 rings (SSSR count). The molecule has 0 fully saturated rings. The number of aryl methyl sites for hydroxylation is 2. The molecule has 3 aromatic rings. The minimum Gasteiger partial charge on any atom is -0.341 e. The summed E-state index contributed by atoms with van der Waals surface area (Å²) in [4.78, 5) is 14.4. The summed E-state index contributed by atoms with van der Waals surface area (Å²) in [6, 6.07) is 13.4. The van der Waals surface area contributed by atoms with Crippen molar-refractivity contribution in [3.05, 3.63) is 80.6 Å². The Morgan fingerprint density at radius 2 is 1.79 bits per heavy atom. The first kappa shape index (κ1) is 20.4. The van der Waals surface area contributed by atoms with Crippen molar-refractivity contribution in [2.75, 3.05) is 7.05 Å². The Hall–Kier alpha value is -2.30. The highest BCUT2D eigenvalue weighted by atomic mass is 35.5. The highest BCUT2D eigenvalue weighted by Crippen LogP contribution is 2.24. The molecule has 0 saturated carbocycles. The Kier molecular flexibility index (Phi) is 6.11. The molecular weight excluding hydrogens is 393 g/mol. The first-order valence-corrected chi connectivity index (χ1v) is 9.82. The van der Waals surface area contributed by atoms with Crippen LogP contribution in [0.15, 0.2) is 42.5 Å². The summed E-state index contributed by atoms with van der Waals surface area (Å²) < 4.78 is 1.96. The third-order valence-corrected chi connectivity index (χ3v) is 5.68. The van der Waals surface area contributed by atoms with E-state index < -0.39 is 0 Å². The van der Waals surface area contributed by atoms with E-state index in [-0.39, 0.29) is 12.3 Å². The molecule has 1 aromatic heterocycles. The van der Waals surface area contributed by atoms with Crippen molar-refractivity contribution in [3.63, 3.8) is 0 Å². The van der Waals surface area contributed by atoms with E-state index in [1.165, 1.54) is 0 Å². The Balaban J connectivity index is 1.78. The predicted molar refractivity (Wildman–Crippen MR) is 114 cm³/mol. The molecule has 0 aliphatic rings. The van der Waals surface area contributed by atoms with Gasteiger partial charge in [-0.25, -0.2) is 4.68 Å². The molecule has 2 aromatic carbocycles. The normalized spacial score (nSPS) is 10.9. The van der Waals surface area contributed by atoms with E-state index in [9.17, 15) is 4.79 Å². The van der Waals surface area contributed by atoms with Crippen molar-refractivity contribution in [2.24, 2.45) is 0 Å². The molecule has 4 nitrogen and oxygen atoms in total. The number of halogens is 2. The number of hydrogen-bond acceptors (Lipinski definition) is 2. The maximum absolute atomic E-state index is 12.7. The van der Waals surface area contributed by atoms with Crippen molar-refractivity contribution in [1.29, 1.82) is 0 Å². The Labute approximate surface area is 175 Å². The maximum atomic E-state index is 12.7. The molecule has 0 spiro atoms. The lowest BCUT2D eigenvalue weighted by molar-refractivity contribution is -0.129. The van der Waals surface area contributed by atoms with Gasteiger partial charge < -0.3 is 4.90 Å². The van der Waals surface area contributed by atoms with Gasteiger partial charge in [-0.1, -0.05) is 47.5 Å². The minimum absolute atomic E-state index is 0.0147. The summed E-state index contributed by atoms with van der Waals surface area (Å²) in [5, 5.41) is 5.65. The van der Waals surface area contributed by atoms with Crippen LogP contribution < -0.4 is 0 Å². The summed E-state index contributed by atoms with van der Waals surface area (Å²) in [5.41, 5.74) is 6.09. The first-order valence-electron chi connectivity index (χ1n) is 9.07. The monoisotopic (exact) mass is 415 g/mol. The smallest absolute Gasteiger partial charge is 0.227 e. The second kappa shape index (κ2) is 8.38. The topological polar surface area (TPSA) is 38.1 Å². The summed E-state index contributed by atoms with van der Waals surface area (Å²) in [7, 11) is 1.81. The van der Waals surface area contributed by atoms with Gasteiger partial charge in [0, 0.05) is 24.8 Å². The van der Waals surface area contributed by atoms with Gasteiger partial charge in [-0.3, -0.25) is 4.79 Å². The van der Waals surface area contributed by atoms with Crippen molar-refractivity contribution < 1.29 is 4.79 Å². The molecule has 6 heteroatoms. The number of carbonyl (C=O) groups is 1. The molecule has 1 heterocycles. The molecule has 0 radical (unpaired) electrons. The number of benzene rings is 2. The largest absolute Gasteiger partial charge is 0.341 e. The predicted octanol–water partition coefficient (Wildman–Crippen LogP) is 5.31. The second-order valence-corrected chi connectivity index (χ2v) is 7.84. The zero-order valence-corrected chi connectivity index (χ0v) is 18.0. The third kappa shape index (κ3) is 4.23.